The molecule has 3 nitrogen and oxygen atoms in total. The number of hydrogen-bond donors (Lipinski definition) is 1. The van der Waals surface area contributed by atoms with Gasteiger partial charge in [-0.15, -0.1) is 0 Å². The zero-order valence-electron chi connectivity index (χ0n) is 16.3. The van der Waals surface area contributed by atoms with Gasteiger partial charge in [0.2, 0.25) is 0 Å². The molecule has 1 saturated heterocycles. The van der Waals surface area contributed by atoms with Gasteiger partial charge in [0.05, 0.1) is 5.41 Å². The number of aliphatic carboxylic acids is 1. The smallest absolute Gasteiger partial charge is 0.312 e. The van der Waals surface area contributed by atoms with Crippen molar-refractivity contribution >= 4 is 28.6 Å². The molecule has 1 aliphatic heterocycles. The molecule has 146 valence electrons. The third-order valence-electron chi connectivity index (χ3n) is 7.05. The van der Waals surface area contributed by atoms with Crippen LogP contribution in [0.5, 0.6) is 0 Å². The number of halogens is 1. The van der Waals surface area contributed by atoms with Crippen molar-refractivity contribution in [3.05, 3.63) is 81.4 Å². The molecule has 4 atom stereocenters. The molecular formula is C24H26INO2. The molecular weight excluding hydrogens is 461 g/mol. The van der Waals surface area contributed by atoms with Crippen molar-refractivity contribution in [3.8, 4) is 0 Å². The van der Waals surface area contributed by atoms with E-state index in [0.29, 0.717) is 6.54 Å². The lowest BCUT2D eigenvalue weighted by Crippen LogP contribution is -2.56. The monoisotopic (exact) mass is 487 g/mol. The number of allylic oxidation sites excluding steroid dienone is 1. The van der Waals surface area contributed by atoms with Gasteiger partial charge in [0.25, 0.3) is 0 Å². The van der Waals surface area contributed by atoms with Gasteiger partial charge in [-0.3, -0.25) is 9.69 Å². The van der Waals surface area contributed by atoms with Crippen molar-refractivity contribution in [1.29, 1.82) is 0 Å². The second-order valence-corrected chi connectivity index (χ2v) is 9.62. The summed E-state index contributed by atoms with van der Waals surface area (Å²) in [6, 6.07) is 20.8. The number of carboxylic acid groups (broad SMARTS) is 1. The fraction of sp³-hybridized carbons (Fsp3) is 0.375. The number of carbonyl (C=O) groups is 1. The van der Waals surface area contributed by atoms with Crippen LogP contribution >= 0.6 is 22.6 Å². The van der Waals surface area contributed by atoms with Gasteiger partial charge in [-0.05, 0) is 50.6 Å². The van der Waals surface area contributed by atoms with Crippen LogP contribution in [0.25, 0.3) is 0 Å². The maximum absolute atomic E-state index is 13.0. The van der Waals surface area contributed by atoms with Crippen LogP contribution in [0.3, 0.4) is 0 Å². The van der Waals surface area contributed by atoms with Crippen molar-refractivity contribution < 1.29 is 9.90 Å². The Hall–Kier alpha value is -1.66. The van der Waals surface area contributed by atoms with Gasteiger partial charge in [-0.1, -0.05) is 73.7 Å². The average molecular weight is 487 g/mol. The second-order valence-electron chi connectivity index (χ2n) is 8.38. The van der Waals surface area contributed by atoms with E-state index in [2.05, 4.69) is 71.7 Å². The van der Waals surface area contributed by atoms with Gasteiger partial charge in [-0.2, -0.15) is 0 Å². The van der Waals surface area contributed by atoms with E-state index < -0.39 is 16.8 Å². The molecule has 4 heteroatoms. The maximum atomic E-state index is 13.0. The Kier molecular flexibility index (Phi) is 5.12. The van der Waals surface area contributed by atoms with Crippen molar-refractivity contribution in [1.82, 2.24) is 4.90 Å². The van der Waals surface area contributed by atoms with Gasteiger partial charge >= 0.3 is 5.97 Å². The van der Waals surface area contributed by atoms with Crippen LogP contribution in [0, 0.1) is 11.3 Å². The van der Waals surface area contributed by atoms with Crippen LogP contribution in [0.2, 0.25) is 0 Å². The molecule has 1 aliphatic carbocycles. The highest BCUT2D eigenvalue weighted by atomic mass is 127. The van der Waals surface area contributed by atoms with Gasteiger partial charge in [0.1, 0.15) is 0 Å². The lowest BCUT2D eigenvalue weighted by Gasteiger charge is -2.50. The van der Waals surface area contributed by atoms with Crippen LogP contribution in [0.15, 0.2) is 70.3 Å². The first kappa shape index (κ1) is 19.6. The Morgan fingerprint density at radius 3 is 2.36 bits per heavy atom. The Bertz CT molecular complexity index is 897. The minimum absolute atomic E-state index is 0.00623. The van der Waals surface area contributed by atoms with Crippen LogP contribution in [0.4, 0.5) is 0 Å². The van der Waals surface area contributed by atoms with E-state index in [1.165, 1.54) is 9.14 Å². The Morgan fingerprint density at radius 2 is 1.75 bits per heavy atom. The fourth-order valence-electron chi connectivity index (χ4n) is 5.42. The van der Waals surface area contributed by atoms with Crippen LogP contribution in [-0.2, 0) is 16.8 Å². The SMILES string of the molecule is CC1C2C(I)=CCC(C)(c3ccccc3)C2(C(=O)O)CN1Cc1ccccc1. The summed E-state index contributed by atoms with van der Waals surface area (Å²) in [7, 11) is 0. The molecule has 1 N–H and O–H groups in total. The molecule has 2 aliphatic rings. The van der Waals surface area contributed by atoms with Crippen molar-refractivity contribution in [2.24, 2.45) is 11.3 Å². The third-order valence-corrected chi connectivity index (χ3v) is 8.16. The highest BCUT2D eigenvalue weighted by Crippen LogP contribution is 2.61. The number of nitrogens with zero attached hydrogens (tertiary/aromatic N) is 1. The quantitative estimate of drug-likeness (QED) is 0.599. The number of hydrogen-bond acceptors (Lipinski definition) is 2. The molecule has 0 bridgehead atoms. The third kappa shape index (κ3) is 2.84. The molecule has 0 amide bonds. The molecule has 0 radical (unpaired) electrons. The molecule has 0 spiro atoms. The topological polar surface area (TPSA) is 40.5 Å². The first-order valence-corrected chi connectivity index (χ1v) is 10.9. The molecule has 0 aromatic heterocycles. The van der Waals surface area contributed by atoms with E-state index in [9.17, 15) is 9.90 Å². The normalized spacial score (nSPS) is 32.6. The summed E-state index contributed by atoms with van der Waals surface area (Å²) >= 11 is 2.38. The number of carboxylic acids is 1. The van der Waals surface area contributed by atoms with E-state index in [4.69, 9.17) is 0 Å². The highest BCUT2D eigenvalue weighted by Gasteiger charge is 2.67. The molecule has 1 heterocycles. The summed E-state index contributed by atoms with van der Waals surface area (Å²) in [5.41, 5.74) is 1.07. The van der Waals surface area contributed by atoms with E-state index in [-0.39, 0.29) is 12.0 Å². The molecule has 0 saturated carbocycles. The highest BCUT2D eigenvalue weighted by molar-refractivity contribution is 14.1. The minimum atomic E-state index is -0.839. The van der Waals surface area contributed by atoms with Crippen molar-refractivity contribution in [3.63, 3.8) is 0 Å². The summed E-state index contributed by atoms with van der Waals surface area (Å²) < 4.78 is 1.19. The molecule has 4 rings (SSSR count). The van der Waals surface area contributed by atoms with Gasteiger partial charge in [0, 0.05) is 30.5 Å². The Balaban J connectivity index is 1.82. The number of likely N-dealkylation sites (tertiary alicyclic amines) is 1. The number of fused-ring (bicyclic) bond motifs is 1. The van der Waals surface area contributed by atoms with Crippen LogP contribution < -0.4 is 0 Å². The second kappa shape index (κ2) is 7.30. The number of benzene rings is 2. The van der Waals surface area contributed by atoms with Crippen LogP contribution in [0.1, 0.15) is 31.4 Å². The maximum Gasteiger partial charge on any atom is 0.312 e. The molecule has 2 aromatic carbocycles. The molecule has 1 fully saturated rings. The van der Waals surface area contributed by atoms with E-state index in [0.717, 1.165) is 18.5 Å². The van der Waals surface area contributed by atoms with Gasteiger partial charge < -0.3 is 5.11 Å². The molecule has 4 unspecified atom stereocenters. The molecule has 2 aromatic rings. The minimum Gasteiger partial charge on any atom is -0.481 e. The Labute approximate surface area is 180 Å². The van der Waals surface area contributed by atoms with E-state index in [1.807, 2.05) is 36.4 Å². The Morgan fingerprint density at radius 1 is 1.14 bits per heavy atom. The van der Waals surface area contributed by atoms with E-state index in [1.54, 1.807) is 0 Å². The first-order valence-electron chi connectivity index (χ1n) is 9.82. The summed E-state index contributed by atoms with van der Waals surface area (Å²) in [6.07, 6.45) is 3.02. The first-order chi connectivity index (χ1) is 13.4. The van der Waals surface area contributed by atoms with Crippen molar-refractivity contribution in [2.45, 2.75) is 38.3 Å². The zero-order chi connectivity index (χ0) is 19.9. The standard InChI is InChI=1S/C24H26INO2/c1-17-21-20(25)13-14-23(2,19-11-7-4-8-12-19)24(21,22(27)28)16-26(17)15-18-9-5-3-6-10-18/h3-13,17,21H,14-16H2,1-2H3,(H,27,28). The summed E-state index contributed by atoms with van der Waals surface area (Å²) in [6.45, 7) is 5.69. The largest absolute Gasteiger partial charge is 0.481 e. The zero-order valence-corrected chi connectivity index (χ0v) is 18.5. The average Bonchev–Trinajstić information content (AvgIpc) is 3.01. The van der Waals surface area contributed by atoms with Gasteiger partial charge in [-0.25, -0.2) is 0 Å². The lowest BCUT2D eigenvalue weighted by molar-refractivity contribution is -0.155. The van der Waals surface area contributed by atoms with Crippen molar-refractivity contribution in [2.75, 3.05) is 6.54 Å². The summed E-state index contributed by atoms with van der Waals surface area (Å²) in [5.74, 6) is -0.679. The fourth-order valence-corrected chi connectivity index (χ4v) is 6.69. The predicted molar refractivity (Wildman–Crippen MR) is 120 cm³/mol. The van der Waals surface area contributed by atoms with Gasteiger partial charge in [0.15, 0.2) is 0 Å². The molecule has 28 heavy (non-hydrogen) atoms. The predicted octanol–water partition coefficient (Wildman–Crippen LogP) is 5.26. The lowest BCUT2D eigenvalue weighted by atomic mass is 9.52. The van der Waals surface area contributed by atoms with Crippen LogP contribution in [-0.4, -0.2) is 28.6 Å². The summed E-state index contributed by atoms with van der Waals surface area (Å²) in [5, 5.41) is 10.7. The summed E-state index contributed by atoms with van der Waals surface area (Å²) in [4.78, 5) is 15.3. The number of rotatable bonds is 4. The van der Waals surface area contributed by atoms with E-state index >= 15 is 0 Å².